The molecule has 27 heavy (non-hydrogen) atoms. The molecular formula is C21H26FN3O2. The number of carbonyl (C=O) groups excluding carboxylic acids is 1. The van der Waals surface area contributed by atoms with Crippen molar-refractivity contribution in [3.63, 3.8) is 0 Å². The molecule has 1 amide bonds. The van der Waals surface area contributed by atoms with Crippen molar-refractivity contribution in [1.29, 1.82) is 0 Å². The molecule has 3 rings (SSSR count). The number of para-hydroxylation sites is 2. The van der Waals surface area contributed by atoms with Gasteiger partial charge in [0, 0.05) is 32.7 Å². The van der Waals surface area contributed by atoms with E-state index in [9.17, 15) is 9.18 Å². The topological polar surface area (TPSA) is 44.8 Å². The Hall–Kier alpha value is -2.60. The van der Waals surface area contributed by atoms with E-state index in [2.05, 4.69) is 21.2 Å². The average Bonchev–Trinajstić information content (AvgIpc) is 2.70. The summed E-state index contributed by atoms with van der Waals surface area (Å²) >= 11 is 0. The van der Waals surface area contributed by atoms with Crippen LogP contribution >= 0.6 is 0 Å². The van der Waals surface area contributed by atoms with Gasteiger partial charge in [0.15, 0.2) is 0 Å². The third kappa shape index (κ3) is 5.44. The lowest BCUT2D eigenvalue weighted by Crippen LogP contribution is -2.49. The van der Waals surface area contributed by atoms with Gasteiger partial charge < -0.3 is 15.0 Å². The van der Waals surface area contributed by atoms with Crippen molar-refractivity contribution in [3.8, 4) is 5.75 Å². The van der Waals surface area contributed by atoms with Gasteiger partial charge in [-0.3, -0.25) is 9.69 Å². The summed E-state index contributed by atoms with van der Waals surface area (Å²) in [6.45, 7) is 4.37. The number of nitrogens with one attached hydrogen (secondary N) is 1. The highest BCUT2D eigenvalue weighted by atomic mass is 19.1. The second-order valence-corrected chi connectivity index (χ2v) is 6.66. The van der Waals surface area contributed by atoms with E-state index in [1.54, 1.807) is 19.2 Å². The lowest BCUT2D eigenvalue weighted by Gasteiger charge is -2.36. The maximum Gasteiger partial charge on any atom is 0.234 e. The zero-order valence-electron chi connectivity index (χ0n) is 15.7. The molecule has 0 radical (unpaired) electrons. The number of rotatable bonds is 7. The van der Waals surface area contributed by atoms with Gasteiger partial charge in [-0.25, -0.2) is 4.39 Å². The molecule has 0 aromatic heterocycles. The number of ether oxygens (including phenoxy) is 1. The van der Waals surface area contributed by atoms with E-state index in [1.807, 2.05) is 18.2 Å². The van der Waals surface area contributed by atoms with Crippen LogP contribution in [0.15, 0.2) is 48.5 Å². The van der Waals surface area contributed by atoms with Gasteiger partial charge in [-0.1, -0.05) is 24.3 Å². The second-order valence-electron chi connectivity index (χ2n) is 6.66. The highest BCUT2D eigenvalue weighted by Gasteiger charge is 2.20. The van der Waals surface area contributed by atoms with Crippen LogP contribution in [-0.2, 0) is 11.2 Å². The Labute approximate surface area is 159 Å². The van der Waals surface area contributed by atoms with Gasteiger partial charge in [0.25, 0.3) is 0 Å². The van der Waals surface area contributed by atoms with Crippen LogP contribution in [0.2, 0.25) is 0 Å². The smallest absolute Gasteiger partial charge is 0.234 e. The van der Waals surface area contributed by atoms with Crippen molar-refractivity contribution in [2.75, 3.05) is 51.3 Å². The molecule has 1 fully saturated rings. The van der Waals surface area contributed by atoms with Crippen LogP contribution in [0, 0.1) is 5.82 Å². The summed E-state index contributed by atoms with van der Waals surface area (Å²) in [4.78, 5) is 16.6. The van der Waals surface area contributed by atoms with Gasteiger partial charge in [-0.15, -0.1) is 0 Å². The Kier molecular flexibility index (Phi) is 6.65. The number of amides is 1. The number of hydrogen-bond acceptors (Lipinski definition) is 4. The van der Waals surface area contributed by atoms with Crippen LogP contribution in [0.25, 0.3) is 0 Å². The summed E-state index contributed by atoms with van der Waals surface area (Å²) < 4.78 is 18.3. The zero-order chi connectivity index (χ0) is 19.1. The minimum Gasteiger partial charge on any atom is -0.495 e. The predicted molar refractivity (Wildman–Crippen MR) is 105 cm³/mol. The first-order valence-electron chi connectivity index (χ1n) is 9.27. The Bertz CT molecular complexity index is 743. The predicted octanol–water partition coefficient (Wildman–Crippen LogP) is 2.32. The molecule has 6 heteroatoms. The van der Waals surface area contributed by atoms with E-state index < -0.39 is 0 Å². The zero-order valence-corrected chi connectivity index (χ0v) is 15.7. The van der Waals surface area contributed by atoms with E-state index in [0.717, 1.165) is 43.2 Å². The Morgan fingerprint density at radius 1 is 1.07 bits per heavy atom. The van der Waals surface area contributed by atoms with E-state index in [1.165, 1.54) is 12.1 Å². The minimum atomic E-state index is -0.241. The summed E-state index contributed by atoms with van der Waals surface area (Å²) in [6, 6.07) is 14.4. The van der Waals surface area contributed by atoms with Crippen LogP contribution in [0.1, 0.15) is 5.56 Å². The van der Waals surface area contributed by atoms with Crippen LogP contribution < -0.4 is 15.0 Å². The maximum atomic E-state index is 12.9. The fraction of sp³-hybridized carbons (Fsp3) is 0.381. The Morgan fingerprint density at radius 3 is 2.48 bits per heavy atom. The van der Waals surface area contributed by atoms with Crippen molar-refractivity contribution in [2.45, 2.75) is 6.42 Å². The first-order chi connectivity index (χ1) is 13.2. The highest BCUT2D eigenvalue weighted by molar-refractivity contribution is 5.78. The molecular weight excluding hydrogens is 345 g/mol. The molecule has 2 aromatic carbocycles. The molecule has 0 atom stereocenters. The van der Waals surface area contributed by atoms with Crippen molar-refractivity contribution in [1.82, 2.24) is 10.2 Å². The number of methoxy groups -OCH3 is 1. The normalized spacial score (nSPS) is 14.8. The van der Waals surface area contributed by atoms with E-state index in [0.29, 0.717) is 19.5 Å². The molecule has 1 heterocycles. The molecule has 5 nitrogen and oxygen atoms in total. The Balaban J connectivity index is 1.39. The molecule has 1 N–H and O–H groups in total. The number of anilines is 1. The van der Waals surface area contributed by atoms with Crippen molar-refractivity contribution in [3.05, 3.63) is 59.9 Å². The summed E-state index contributed by atoms with van der Waals surface area (Å²) in [5, 5.41) is 2.95. The monoisotopic (exact) mass is 371 g/mol. The molecule has 0 saturated carbocycles. The summed E-state index contributed by atoms with van der Waals surface area (Å²) in [5.41, 5.74) is 2.12. The van der Waals surface area contributed by atoms with Crippen LogP contribution in [-0.4, -0.2) is 57.2 Å². The van der Waals surface area contributed by atoms with Crippen molar-refractivity contribution >= 4 is 11.6 Å². The molecule has 1 aliphatic heterocycles. The van der Waals surface area contributed by atoms with Crippen LogP contribution in [0.4, 0.5) is 10.1 Å². The van der Waals surface area contributed by atoms with Gasteiger partial charge in [0.2, 0.25) is 5.91 Å². The van der Waals surface area contributed by atoms with Gasteiger partial charge in [0.1, 0.15) is 11.6 Å². The molecule has 0 spiro atoms. The second kappa shape index (κ2) is 9.37. The molecule has 1 aliphatic rings. The van der Waals surface area contributed by atoms with Gasteiger partial charge in [-0.05, 0) is 36.2 Å². The number of hydrogen-bond donors (Lipinski definition) is 1. The minimum absolute atomic E-state index is 0.0304. The van der Waals surface area contributed by atoms with Gasteiger partial charge in [0.05, 0.1) is 19.3 Å². The first-order valence-corrected chi connectivity index (χ1v) is 9.27. The Morgan fingerprint density at radius 2 is 1.78 bits per heavy atom. The lowest BCUT2D eigenvalue weighted by atomic mass is 10.1. The number of benzene rings is 2. The van der Waals surface area contributed by atoms with E-state index in [-0.39, 0.29) is 11.7 Å². The molecule has 144 valence electrons. The number of nitrogens with zero attached hydrogens (tertiary/aromatic N) is 2. The third-order valence-corrected chi connectivity index (χ3v) is 4.81. The summed E-state index contributed by atoms with van der Waals surface area (Å²) in [5.74, 6) is 0.669. The fourth-order valence-corrected chi connectivity index (χ4v) is 3.29. The SMILES string of the molecule is COc1ccccc1N1CCN(CC(=O)NCCc2ccc(F)cc2)CC1. The van der Waals surface area contributed by atoms with Gasteiger partial charge in [-0.2, -0.15) is 0 Å². The first kappa shape index (κ1) is 19.2. The van der Waals surface area contributed by atoms with Crippen molar-refractivity contribution < 1.29 is 13.9 Å². The summed E-state index contributed by atoms with van der Waals surface area (Å²) in [7, 11) is 1.69. The highest BCUT2D eigenvalue weighted by Crippen LogP contribution is 2.28. The molecule has 0 unspecified atom stereocenters. The van der Waals surface area contributed by atoms with Crippen molar-refractivity contribution in [2.24, 2.45) is 0 Å². The number of halogens is 1. The average molecular weight is 371 g/mol. The van der Waals surface area contributed by atoms with Crippen LogP contribution in [0.3, 0.4) is 0 Å². The number of carbonyl (C=O) groups is 1. The molecule has 0 bridgehead atoms. The lowest BCUT2D eigenvalue weighted by molar-refractivity contribution is -0.122. The number of piperazine rings is 1. The van der Waals surface area contributed by atoms with E-state index >= 15 is 0 Å². The molecule has 0 aliphatic carbocycles. The maximum absolute atomic E-state index is 12.9. The quantitative estimate of drug-likeness (QED) is 0.811. The molecule has 1 saturated heterocycles. The standard InChI is InChI=1S/C21H26FN3O2/c1-27-20-5-3-2-4-19(20)25-14-12-24(13-15-25)16-21(26)23-11-10-17-6-8-18(22)9-7-17/h2-9H,10-16H2,1H3,(H,23,26). The van der Waals surface area contributed by atoms with Crippen LogP contribution in [0.5, 0.6) is 5.75 Å². The summed E-state index contributed by atoms with van der Waals surface area (Å²) in [6.07, 6.45) is 0.702. The molecule has 2 aromatic rings. The fourth-order valence-electron chi connectivity index (χ4n) is 3.29. The van der Waals surface area contributed by atoms with Gasteiger partial charge >= 0.3 is 0 Å². The third-order valence-electron chi connectivity index (χ3n) is 4.81. The van der Waals surface area contributed by atoms with E-state index in [4.69, 9.17) is 4.74 Å². The largest absolute Gasteiger partial charge is 0.495 e.